The zero-order valence-corrected chi connectivity index (χ0v) is 33.9. The Kier molecular flexibility index (Phi) is 53.5. The van der Waals surface area contributed by atoms with Gasteiger partial charge in [0.15, 0.2) is 0 Å². The third kappa shape index (κ3) is 43.7. The van der Waals surface area contributed by atoms with E-state index in [1.54, 1.807) is 7.05 Å². The molecule has 8 nitrogen and oxygen atoms in total. The van der Waals surface area contributed by atoms with Crippen LogP contribution in [-0.4, -0.2) is 69.9 Å². The van der Waals surface area contributed by atoms with Gasteiger partial charge in [0, 0.05) is 91.3 Å². The number of allylic oxidation sites excluding steroid dienone is 4. The van der Waals surface area contributed by atoms with E-state index in [9.17, 15) is 9.59 Å². The summed E-state index contributed by atoms with van der Waals surface area (Å²) >= 11 is 16.9. The maximum absolute atomic E-state index is 11.4. The zero-order chi connectivity index (χ0) is 35.3. The van der Waals surface area contributed by atoms with Crippen molar-refractivity contribution in [1.29, 1.82) is 0 Å². The molecular weight excluding hydrogens is 718 g/mol. The Labute approximate surface area is 318 Å². The van der Waals surface area contributed by atoms with Gasteiger partial charge in [-0.15, -0.1) is 6.42 Å². The van der Waals surface area contributed by atoms with Crippen LogP contribution in [0.5, 0.6) is 0 Å². The summed E-state index contributed by atoms with van der Waals surface area (Å²) < 4.78 is 19.9. The molecule has 0 N–H and O–H groups in total. The number of Topliss-reactive ketones (excluding diaryl/α,β-unsaturated/α-hetero) is 1. The van der Waals surface area contributed by atoms with E-state index < -0.39 is 6.29 Å². The number of ketones is 1. The molecule has 1 amide bonds. The number of hydroxylamine groups is 2. The van der Waals surface area contributed by atoms with Crippen LogP contribution < -0.4 is 18.9 Å². The van der Waals surface area contributed by atoms with Crippen LogP contribution in [0.2, 0.25) is 0 Å². The summed E-state index contributed by atoms with van der Waals surface area (Å²) in [4.78, 5) is 27.3. The molecule has 2 fully saturated rings. The van der Waals surface area contributed by atoms with Crippen molar-refractivity contribution in [2.45, 2.75) is 72.9 Å². The number of carbonyl (C=O) groups is 2. The van der Waals surface area contributed by atoms with Gasteiger partial charge >= 0.3 is 18.9 Å². The van der Waals surface area contributed by atoms with Crippen LogP contribution in [0.25, 0.3) is 0 Å². The Hall–Kier alpha value is -0.323. The normalized spacial score (nSPS) is 14.3. The summed E-state index contributed by atoms with van der Waals surface area (Å²) in [6, 6.07) is 0. The molecule has 46 heavy (non-hydrogen) atoms. The van der Waals surface area contributed by atoms with Gasteiger partial charge in [0.1, 0.15) is 0 Å². The van der Waals surface area contributed by atoms with Crippen LogP contribution in [0.4, 0.5) is 0 Å². The number of hydrogen-bond acceptors (Lipinski definition) is 11. The molecule has 0 aromatic rings. The van der Waals surface area contributed by atoms with Crippen molar-refractivity contribution in [3.8, 4) is 24.2 Å². The van der Waals surface area contributed by atoms with Crippen molar-refractivity contribution in [2.24, 2.45) is 11.8 Å². The predicted molar refractivity (Wildman–Crippen MR) is 202 cm³/mol. The molecule has 0 aromatic carbocycles. The minimum Gasteiger partial charge on any atom is -0.343 e. The van der Waals surface area contributed by atoms with Gasteiger partial charge in [0.25, 0.3) is 0 Å². The van der Waals surface area contributed by atoms with Gasteiger partial charge in [-0.3, -0.25) is 14.4 Å². The molecule has 2 aliphatic rings. The first-order valence-corrected chi connectivity index (χ1v) is 20.5. The Balaban J connectivity index is -0.000000161. The van der Waals surface area contributed by atoms with Gasteiger partial charge < -0.3 is 25.9 Å². The van der Waals surface area contributed by atoms with Gasteiger partial charge in [-0.2, -0.15) is 6.42 Å². The van der Waals surface area contributed by atoms with Crippen molar-refractivity contribution in [2.75, 3.05) is 40.6 Å². The summed E-state index contributed by atoms with van der Waals surface area (Å²) in [5.74, 6) is 7.97. The number of ether oxygens (including phenoxy) is 4. The Morgan fingerprint density at radius 1 is 0.957 bits per heavy atom. The van der Waals surface area contributed by atoms with Gasteiger partial charge in [-0.25, -0.2) is 5.06 Å². The summed E-state index contributed by atoms with van der Waals surface area (Å²) in [7, 11) is 6.36. The number of rotatable bonds is 8. The first-order valence-electron chi connectivity index (χ1n) is 13.8. The van der Waals surface area contributed by atoms with Crippen LogP contribution in [0, 0.1) is 42.9 Å². The van der Waals surface area contributed by atoms with Crippen molar-refractivity contribution in [3.05, 3.63) is 31.2 Å². The zero-order valence-electron chi connectivity index (χ0n) is 28.2. The first kappa shape index (κ1) is 55.1. The summed E-state index contributed by atoms with van der Waals surface area (Å²) in [5, 5.41) is 1.25. The third-order valence-electron chi connectivity index (χ3n) is 4.76. The average Bonchev–Trinajstić information content (AvgIpc) is 3.76. The second-order valence-electron chi connectivity index (χ2n) is 8.55. The number of nitrogens with zero attached hydrogens (tertiary/aromatic N) is 1. The maximum Gasteiger partial charge on any atom is 1.00 e. The average molecular weight is 766 g/mol. The minimum atomic E-state index is -0.508. The monoisotopic (exact) mass is 765 g/mol. The van der Waals surface area contributed by atoms with Crippen molar-refractivity contribution in [1.82, 2.24) is 5.06 Å². The molecular formula is C30H48LiNO7S7. The maximum atomic E-state index is 11.4. The Morgan fingerprint density at radius 2 is 1.35 bits per heavy atom. The molecule has 0 bridgehead atoms. The molecule has 2 atom stereocenters. The van der Waals surface area contributed by atoms with Crippen molar-refractivity contribution < 1.29 is 52.2 Å². The second kappa shape index (κ2) is 44.7. The van der Waals surface area contributed by atoms with Crippen LogP contribution >= 0.6 is 0 Å². The topological polar surface area (TPSA) is 83.5 Å². The molecule has 2 saturated heterocycles. The van der Waals surface area contributed by atoms with E-state index in [4.69, 9.17) is 30.2 Å². The number of amides is 1. The summed E-state index contributed by atoms with van der Waals surface area (Å²) in [5.41, 5.74) is 0. The molecule has 2 aliphatic heterocycles. The van der Waals surface area contributed by atoms with Gasteiger partial charge in [0.05, 0.1) is 33.5 Å². The molecule has 0 saturated carbocycles. The molecule has 16 heteroatoms. The quantitative estimate of drug-likeness (QED) is 0.0906. The minimum absolute atomic E-state index is 0. The van der Waals surface area contributed by atoms with E-state index in [0.717, 1.165) is 15.3 Å². The van der Waals surface area contributed by atoms with Gasteiger partial charge in [-0.1, -0.05) is 51.5 Å². The Morgan fingerprint density at radius 3 is 1.65 bits per heavy atom. The number of terminal acetylenes is 1. The largest absolute Gasteiger partial charge is 1.00 e. The molecule has 2 rings (SSSR count). The molecule has 258 valence electrons. The van der Waals surface area contributed by atoms with Crippen LogP contribution in [0.1, 0.15) is 60.3 Å². The number of carbonyl (C=O) groups excluding carboxylic acids is 2. The van der Waals surface area contributed by atoms with Crippen molar-refractivity contribution >= 4 is 83.1 Å². The summed E-state index contributed by atoms with van der Waals surface area (Å²) in [6.45, 7) is 16.0. The van der Waals surface area contributed by atoms with E-state index in [1.165, 1.54) is 36.4 Å². The smallest absolute Gasteiger partial charge is 0.343 e. The fraction of sp³-hybridized carbons (Fsp3) is 0.633. The fourth-order valence-electron chi connectivity index (χ4n) is 2.68. The molecule has 0 aliphatic carbocycles. The van der Waals surface area contributed by atoms with E-state index >= 15 is 0 Å². The molecule has 0 spiro atoms. The van der Waals surface area contributed by atoms with Crippen LogP contribution in [0.3, 0.4) is 0 Å². The predicted octanol–water partition coefficient (Wildman–Crippen LogP) is 1.74. The fourth-order valence-corrected chi connectivity index (χ4v) is 2.68. The third-order valence-corrected chi connectivity index (χ3v) is 6.98. The van der Waals surface area contributed by atoms with E-state index in [2.05, 4.69) is 76.4 Å². The van der Waals surface area contributed by atoms with E-state index in [1.807, 2.05) is 52.0 Å². The van der Waals surface area contributed by atoms with E-state index in [0.29, 0.717) is 39.3 Å². The number of unbranched alkanes of at least 4 members (excludes halogenated alkanes) is 1. The number of hydrogen-bond donors (Lipinski definition) is 0. The summed E-state index contributed by atoms with van der Waals surface area (Å²) in [6.07, 6.45) is 15.1. The molecule has 2 heterocycles. The first-order chi connectivity index (χ1) is 21.5. The Bertz CT molecular complexity index is 1020. The molecule has 0 radical (unpaired) electrons. The van der Waals surface area contributed by atoms with Crippen molar-refractivity contribution in [3.63, 3.8) is 0 Å². The molecule has 0 unspecified atom stereocenters. The van der Waals surface area contributed by atoms with Crippen LogP contribution in [-0.2, 0) is 105 Å². The standard InChI is InChI=1S/C12H16O3.C9H17NO2.C5H6O2.C4H9.Li.S4.S3/c1-3-4-10(2)9-11(13)5-6-12-14-7-8-15-12;1-5-6-8(2)7-9(11)10(3)12-4;1-2-5-6-3-4-7-5;1-3-4-2;;1-3-4-2;1-3-2/h3-4,10,12H,7-9H2,1-2H3;5-6,8H,7H2,1-4H3;1,5H,3-4H2;1,3-4H2,2H3;;;/q;;;-1;+1;;/b4-3+;6-5+;;;;;/t10-;8-;;;;;/m00...../s1. The molecule has 0 aromatic heterocycles. The van der Waals surface area contributed by atoms with Crippen LogP contribution in [0.15, 0.2) is 24.3 Å². The van der Waals surface area contributed by atoms with Gasteiger partial charge in [0.2, 0.25) is 24.3 Å². The SMILES string of the molecule is C#CC1OCCO1.C/C=C/[C@H](C)CC(=O)C#CC1OCCO1.C/C=C/[C@H](C)CC(=O)N(C)OC.S=S=S.S=S=S=S.[CH2-]CCC.[Li+]. The second-order valence-corrected chi connectivity index (χ2v) is 13.9. The van der Waals surface area contributed by atoms with Gasteiger partial charge in [-0.05, 0) is 43.4 Å². The van der Waals surface area contributed by atoms with E-state index in [-0.39, 0.29) is 48.7 Å².